The van der Waals surface area contributed by atoms with Gasteiger partial charge in [0, 0.05) is 37.8 Å². The molecule has 0 radical (unpaired) electrons. The summed E-state index contributed by atoms with van der Waals surface area (Å²) in [5.41, 5.74) is 11.7. The smallest absolute Gasteiger partial charge is 0.326 e. The van der Waals surface area contributed by atoms with Crippen LogP contribution < -0.4 is 37.9 Å². The summed E-state index contributed by atoms with van der Waals surface area (Å²) in [6.07, 6.45) is -0.157. The fourth-order valence-electron chi connectivity index (χ4n) is 3.68. The molecule has 2 heterocycles. The van der Waals surface area contributed by atoms with Crippen molar-refractivity contribution in [1.82, 2.24) is 15.3 Å². The van der Waals surface area contributed by atoms with E-state index in [9.17, 15) is 29.1 Å². The first-order valence-electron chi connectivity index (χ1n) is 12.4. The monoisotopic (exact) mass is 594 g/mol. The fraction of sp³-hybridized carbons (Fsp3) is 0.417. The summed E-state index contributed by atoms with van der Waals surface area (Å²) in [5.74, 6) is -3.03. The second-order valence-corrected chi connectivity index (χ2v) is 9.45. The Morgan fingerprint density at radius 3 is 2.34 bits per heavy atom. The standard InChI is InChI=1S/C20H25N7O6.C4H9NO2S/c1-27-12(9-23-16-15(27)18(31)26-20(21)25-16)8-22-11-4-2-10(3-5-11)17(30)24-13(19(32)33)6-7-14(28)29;5-3(1-2-8)4(6)7/h2-5,12-13,22H,6-9H2,1H3,(H,24,30)(H,28,29)(H,32,33)(H4,21,23,25,26,31);3,8H,1-2,5H2,(H,6,7). The van der Waals surface area contributed by atoms with Crippen molar-refractivity contribution in [2.75, 3.05) is 47.2 Å². The molecule has 41 heavy (non-hydrogen) atoms. The molecule has 1 aliphatic rings. The lowest BCUT2D eigenvalue weighted by Crippen LogP contribution is -2.48. The van der Waals surface area contributed by atoms with Gasteiger partial charge in [-0.05, 0) is 42.9 Å². The number of nitrogen functional groups attached to an aromatic ring is 1. The van der Waals surface area contributed by atoms with Gasteiger partial charge in [-0.1, -0.05) is 0 Å². The number of carboxylic acid groups (broad SMARTS) is 3. The Morgan fingerprint density at radius 2 is 1.80 bits per heavy atom. The number of benzene rings is 1. The minimum Gasteiger partial charge on any atom is -0.481 e. The number of amides is 1. The van der Waals surface area contributed by atoms with Crippen molar-refractivity contribution in [3.63, 3.8) is 0 Å². The van der Waals surface area contributed by atoms with E-state index in [-0.39, 0.29) is 36.0 Å². The number of carboxylic acids is 3. The minimum atomic E-state index is -1.30. The van der Waals surface area contributed by atoms with Crippen LogP contribution in [0.1, 0.15) is 29.6 Å². The predicted octanol–water partition coefficient (Wildman–Crippen LogP) is -0.539. The molecule has 1 aromatic carbocycles. The van der Waals surface area contributed by atoms with Gasteiger partial charge in [0.1, 0.15) is 17.8 Å². The molecule has 16 nitrogen and oxygen atoms in total. The highest BCUT2D eigenvalue weighted by Crippen LogP contribution is 2.25. The number of H-pyrrole nitrogens is 1. The number of fused-ring (bicyclic) bond motifs is 1. The number of nitrogens with two attached hydrogens (primary N) is 2. The lowest BCUT2D eigenvalue weighted by atomic mass is 10.1. The van der Waals surface area contributed by atoms with Gasteiger partial charge in [0.15, 0.2) is 5.82 Å². The molecule has 17 heteroatoms. The van der Waals surface area contributed by atoms with Crippen LogP contribution in [0.2, 0.25) is 0 Å². The zero-order valence-corrected chi connectivity index (χ0v) is 23.1. The van der Waals surface area contributed by atoms with E-state index in [1.54, 1.807) is 19.2 Å². The van der Waals surface area contributed by atoms with E-state index in [2.05, 4.69) is 38.5 Å². The van der Waals surface area contributed by atoms with Crippen molar-refractivity contribution in [3.8, 4) is 0 Å². The Morgan fingerprint density at radius 1 is 1.15 bits per heavy atom. The molecule has 1 aliphatic heterocycles. The van der Waals surface area contributed by atoms with Crippen molar-refractivity contribution in [2.24, 2.45) is 5.73 Å². The van der Waals surface area contributed by atoms with Gasteiger partial charge in [0.2, 0.25) is 5.95 Å². The Hall–Kier alpha value is -4.51. The molecule has 1 aromatic heterocycles. The minimum absolute atomic E-state index is 0.0388. The molecular weight excluding hydrogens is 560 g/mol. The Balaban J connectivity index is 0.000000642. The average molecular weight is 595 g/mol. The third-order valence-electron chi connectivity index (χ3n) is 6.02. The van der Waals surface area contributed by atoms with Crippen molar-refractivity contribution < 1.29 is 34.5 Å². The van der Waals surface area contributed by atoms with Gasteiger partial charge in [0.05, 0.1) is 6.04 Å². The van der Waals surface area contributed by atoms with Gasteiger partial charge in [-0.15, -0.1) is 0 Å². The Kier molecular flexibility index (Phi) is 12.2. The zero-order valence-electron chi connectivity index (χ0n) is 22.2. The summed E-state index contributed by atoms with van der Waals surface area (Å²) in [4.78, 5) is 64.8. The number of carbonyl (C=O) groups is 4. The fourth-order valence-corrected chi connectivity index (χ4v) is 3.96. The van der Waals surface area contributed by atoms with Crippen LogP contribution in [-0.4, -0.2) is 93.1 Å². The third-order valence-corrected chi connectivity index (χ3v) is 6.27. The maximum Gasteiger partial charge on any atom is 0.326 e. The molecule has 3 rings (SSSR count). The first kappa shape index (κ1) is 32.7. The van der Waals surface area contributed by atoms with E-state index in [1.165, 1.54) is 12.1 Å². The molecular formula is C24H34N8O8S. The van der Waals surface area contributed by atoms with Gasteiger partial charge in [0.25, 0.3) is 11.5 Å². The van der Waals surface area contributed by atoms with Crippen molar-refractivity contribution >= 4 is 59.6 Å². The predicted molar refractivity (Wildman–Crippen MR) is 155 cm³/mol. The average Bonchev–Trinajstić information content (AvgIpc) is 2.90. The van der Waals surface area contributed by atoms with E-state index in [0.717, 1.165) is 5.69 Å². The Bertz CT molecular complexity index is 1290. The van der Waals surface area contributed by atoms with Crippen molar-refractivity contribution in [1.29, 1.82) is 0 Å². The number of likely N-dealkylation sites (N-methyl/N-ethyl adjacent to an activating group) is 1. The topological polar surface area (TPSA) is 266 Å². The highest BCUT2D eigenvalue weighted by Gasteiger charge is 2.27. The molecule has 224 valence electrons. The molecule has 3 atom stereocenters. The van der Waals surface area contributed by atoms with Crippen LogP contribution in [0.4, 0.5) is 23.1 Å². The summed E-state index contributed by atoms with van der Waals surface area (Å²) in [5, 5.41) is 34.7. The SMILES string of the molecule is CN1c2c(nc(N)[nH]c2=O)NCC1CNc1ccc(C(=O)NC(CCC(=O)O)C(=O)O)cc1.NC(CCS)C(=O)O. The summed E-state index contributed by atoms with van der Waals surface area (Å²) in [7, 11) is 1.79. The van der Waals surface area contributed by atoms with E-state index in [1.807, 2.05) is 4.90 Å². The van der Waals surface area contributed by atoms with Crippen LogP contribution >= 0.6 is 12.6 Å². The molecule has 1 amide bonds. The van der Waals surface area contributed by atoms with Gasteiger partial charge in [-0.2, -0.15) is 17.6 Å². The molecule has 0 saturated carbocycles. The van der Waals surface area contributed by atoms with Gasteiger partial charge < -0.3 is 47.6 Å². The summed E-state index contributed by atoms with van der Waals surface area (Å²) >= 11 is 3.81. The van der Waals surface area contributed by atoms with Crippen LogP contribution in [0, 0.1) is 0 Å². The highest BCUT2D eigenvalue weighted by atomic mass is 32.1. The number of thiol groups is 1. The van der Waals surface area contributed by atoms with Crippen molar-refractivity contribution in [3.05, 3.63) is 40.2 Å². The number of carbonyl (C=O) groups excluding carboxylic acids is 1. The lowest BCUT2D eigenvalue weighted by molar-refractivity contribution is -0.141. The van der Waals surface area contributed by atoms with E-state index >= 15 is 0 Å². The first-order chi connectivity index (χ1) is 19.3. The normalized spacial score (nSPS) is 15.2. The second kappa shape index (κ2) is 15.3. The largest absolute Gasteiger partial charge is 0.481 e. The summed E-state index contributed by atoms with van der Waals surface area (Å²) in [6, 6.07) is 4.29. The van der Waals surface area contributed by atoms with E-state index in [4.69, 9.17) is 21.7 Å². The van der Waals surface area contributed by atoms with Crippen LogP contribution in [0.25, 0.3) is 0 Å². The maximum absolute atomic E-state index is 12.3. The lowest BCUT2D eigenvalue weighted by Gasteiger charge is -2.35. The molecule has 0 fully saturated rings. The highest BCUT2D eigenvalue weighted by molar-refractivity contribution is 7.80. The number of aromatic nitrogens is 2. The van der Waals surface area contributed by atoms with E-state index < -0.39 is 35.9 Å². The van der Waals surface area contributed by atoms with Crippen LogP contribution in [0.3, 0.4) is 0 Å². The molecule has 0 aliphatic carbocycles. The molecule has 0 spiro atoms. The number of nitrogens with one attached hydrogen (secondary N) is 4. The number of aromatic amines is 1. The number of rotatable bonds is 12. The number of hydrogen-bond donors (Lipinski definition) is 10. The molecule has 2 aromatic rings. The first-order valence-corrected chi connectivity index (χ1v) is 13.0. The summed E-state index contributed by atoms with van der Waals surface area (Å²) in [6.45, 7) is 1.01. The molecule has 0 saturated heterocycles. The second-order valence-electron chi connectivity index (χ2n) is 9.01. The van der Waals surface area contributed by atoms with Crippen LogP contribution in [0.15, 0.2) is 29.1 Å². The molecule has 11 N–H and O–H groups in total. The molecule has 0 bridgehead atoms. The number of aliphatic carboxylic acids is 3. The van der Waals surface area contributed by atoms with Crippen LogP contribution in [-0.2, 0) is 14.4 Å². The van der Waals surface area contributed by atoms with Gasteiger partial charge in [-0.25, -0.2) is 4.79 Å². The van der Waals surface area contributed by atoms with E-state index in [0.29, 0.717) is 36.8 Å². The van der Waals surface area contributed by atoms with Gasteiger partial charge >= 0.3 is 17.9 Å². The number of nitrogens with zero attached hydrogens (tertiary/aromatic N) is 2. The number of hydrogen-bond acceptors (Lipinski definition) is 12. The Labute approximate surface area is 239 Å². The number of anilines is 4. The van der Waals surface area contributed by atoms with Crippen LogP contribution in [0.5, 0.6) is 0 Å². The third kappa shape index (κ3) is 9.87. The van der Waals surface area contributed by atoms with Gasteiger partial charge in [-0.3, -0.25) is 24.2 Å². The maximum atomic E-state index is 12.3. The quantitative estimate of drug-likeness (QED) is 0.138. The molecule has 3 unspecified atom stereocenters. The summed E-state index contributed by atoms with van der Waals surface area (Å²) < 4.78 is 0. The zero-order chi connectivity index (χ0) is 30.7. The van der Waals surface area contributed by atoms with Crippen molar-refractivity contribution in [2.45, 2.75) is 37.4 Å².